The first-order valence-electron chi connectivity index (χ1n) is 18.8. The van der Waals surface area contributed by atoms with Gasteiger partial charge in [-0.25, -0.2) is 0 Å². The van der Waals surface area contributed by atoms with Crippen LogP contribution in [-0.4, -0.2) is 9.13 Å². The van der Waals surface area contributed by atoms with Gasteiger partial charge in [0.15, 0.2) is 0 Å². The number of hydrogen-bond donors (Lipinski definition) is 0. The highest BCUT2D eigenvalue weighted by atomic mass is 32.1. The predicted octanol–water partition coefficient (Wildman–Crippen LogP) is 14.7. The lowest BCUT2D eigenvalue weighted by atomic mass is 9.99. The van der Waals surface area contributed by atoms with E-state index >= 15 is 0 Å². The van der Waals surface area contributed by atoms with E-state index in [0.717, 1.165) is 5.69 Å². The van der Waals surface area contributed by atoms with Crippen molar-refractivity contribution in [3.8, 4) is 33.6 Å². The summed E-state index contributed by atoms with van der Waals surface area (Å²) in [5.74, 6) is 0. The fourth-order valence-electron chi connectivity index (χ4n) is 8.95. The van der Waals surface area contributed by atoms with Gasteiger partial charge >= 0.3 is 0 Å². The van der Waals surface area contributed by atoms with Gasteiger partial charge in [0.1, 0.15) is 0 Å². The Balaban J connectivity index is 1.10. The highest BCUT2D eigenvalue weighted by molar-refractivity contribution is 7.25. The van der Waals surface area contributed by atoms with Crippen LogP contribution in [0.3, 0.4) is 0 Å². The van der Waals surface area contributed by atoms with E-state index in [1.165, 1.54) is 102 Å². The largest absolute Gasteiger partial charge is 0.309 e. The van der Waals surface area contributed by atoms with Crippen molar-refractivity contribution in [2.24, 2.45) is 0 Å². The molecule has 3 heterocycles. The van der Waals surface area contributed by atoms with E-state index in [4.69, 9.17) is 0 Å². The van der Waals surface area contributed by atoms with E-state index in [1.54, 1.807) is 0 Å². The van der Waals surface area contributed by atoms with Crippen LogP contribution in [0.25, 0.3) is 108 Å². The van der Waals surface area contributed by atoms with E-state index in [1.807, 2.05) is 11.3 Å². The molecule has 0 saturated heterocycles. The molecule has 12 rings (SSSR count). The smallest absolute Gasteiger partial charge is 0.0619 e. The quantitative estimate of drug-likeness (QED) is 0.172. The van der Waals surface area contributed by atoms with Crippen molar-refractivity contribution in [3.63, 3.8) is 0 Å². The van der Waals surface area contributed by atoms with Crippen LogP contribution in [-0.2, 0) is 0 Å². The molecule has 55 heavy (non-hydrogen) atoms. The summed E-state index contributed by atoms with van der Waals surface area (Å²) < 4.78 is 7.54. The molecule has 0 radical (unpaired) electrons. The van der Waals surface area contributed by atoms with E-state index in [9.17, 15) is 0 Å². The van der Waals surface area contributed by atoms with Crippen molar-refractivity contribution in [2.45, 2.75) is 0 Å². The molecule has 0 fully saturated rings. The van der Waals surface area contributed by atoms with Gasteiger partial charge in [0.05, 0.1) is 22.1 Å². The van der Waals surface area contributed by atoms with Crippen LogP contribution >= 0.6 is 11.3 Å². The third-order valence-electron chi connectivity index (χ3n) is 11.5. The molecular weight excluding hydrogens is 685 g/mol. The molecule has 256 valence electrons. The van der Waals surface area contributed by atoms with Gasteiger partial charge in [0.25, 0.3) is 0 Å². The third-order valence-corrected chi connectivity index (χ3v) is 12.6. The summed E-state index contributed by atoms with van der Waals surface area (Å²) in [6.07, 6.45) is 0. The molecule has 0 saturated carbocycles. The Hall–Kier alpha value is -6.94. The van der Waals surface area contributed by atoms with Gasteiger partial charge < -0.3 is 9.13 Å². The zero-order valence-electron chi connectivity index (χ0n) is 29.8. The van der Waals surface area contributed by atoms with Crippen molar-refractivity contribution >= 4 is 85.9 Å². The summed E-state index contributed by atoms with van der Waals surface area (Å²) in [6.45, 7) is 0. The molecule has 0 aliphatic heterocycles. The SMILES string of the molecule is c1ccc(-c2ccc3c(c2)c2cc(-c4ccc5c(c4)c4ccc6ccccc6c4n5-c4ccc5sc6ccccc6c5c4)ccc2n3-c2ccccc2)cc1. The third kappa shape index (κ3) is 4.60. The molecule has 2 nitrogen and oxygen atoms in total. The molecule has 0 atom stereocenters. The van der Waals surface area contributed by atoms with Gasteiger partial charge in [-0.3, -0.25) is 0 Å². The zero-order chi connectivity index (χ0) is 36.0. The van der Waals surface area contributed by atoms with Crippen molar-refractivity contribution in [3.05, 3.63) is 194 Å². The first-order valence-corrected chi connectivity index (χ1v) is 19.7. The fraction of sp³-hybridized carbons (Fsp3) is 0. The maximum absolute atomic E-state index is 2.49. The number of hydrogen-bond acceptors (Lipinski definition) is 1. The molecule has 0 amide bonds. The normalized spacial score (nSPS) is 12.0. The zero-order valence-corrected chi connectivity index (χ0v) is 30.6. The number of fused-ring (bicyclic) bond motifs is 11. The average Bonchev–Trinajstić information content (AvgIpc) is 3.91. The summed E-state index contributed by atoms with van der Waals surface area (Å²) in [5, 5.41) is 10.2. The van der Waals surface area contributed by atoms with E-state index in [0.29, 0.717) is 0 Å². The molecule has 3 aromatic heterocycles. The maximum atomic E-state index is 2.49. The van der Waals surface area contributed by atoms with Crippen LogP contribution in [0.5, 0.6) is 0 Å². The second-order valence-corrected chi connectivity index (χ2v) is 15.6. The van der Waals surface area contributed by atoms with Gasteiger partial charge in [-0.15, -0.1) is 11.3 Å². The van der Waals surface area contributed by atoms with Crippen LogP contribution in [0.1, 0.15) is 0 Å². The second-order valence-electron chi connectivity index (χ2n) is 14.5. The number of rotatable bonds is 4. The molecule has 0 spiro atoms. The average molecular weight is 717 g/mol. The van der Waals surface area contributed by atoms with Crippen LogP contribution in [0, 0.1) is 0 Å². The molecule has 0 bridgehead atoms. The Bertz CT molecular complexity index is 3470. The lowest BCUT2D eigenvalue weighted by Crippen LogP contribution is -1.94. The Morgan fingerprint density at radius 1 is 0.291 bits per heavy atom. The van der Waals surface area contributed by atoms with Crippen LogP contribution in [0.4, 0.5) is 0 Å². The first-order chi connectivity index (χ1) is 27.3. The predicted molar refractivity (Wildman–Crippen MR) is 236 cm³/mol. The number of nitrogens with zero attached hydrogens (tertiary/aromatic N) is 2. The molecule has 9 aromatic carbocycles. The van der Waals surface area contributed by atoms with E-state index < -0.39 is 0 Å². The molecule has 0 unspecified atom stereocenters. The maximum Gasteiger partial charge on any atom is 0.0619 e. The fourth-order valence-corrected chi connectivity index (χ4v) is 10.0. The summed E-state index contributed by atoms with van der Waals surface area (Å²) in [6, 6.07) is 71.5. The number of thiophene rings is 1. The summed E-state index contributed by atoms with van der Waals surface area (Å²) in [4.78, 5) is 0. The Kier molecular flexibility index (Phi) is 6.54. The van der Waals surface area contributed by atoms with E-state index in [2.05, 4.69) is 203 Å². The molecule has 0 N–H and O–H groups in total. The van der Waals surface area contributed by atoms with Crippen LogP contribution < -0.4 is 0 Å². The molecule has 0 aliphatic carbocycles. The van der Waals surface area contributed by atoms with Crippen molar-refractivity contribution in [1.29, 1.82) is 0 Å². The lowest BCUT2D eigenvalue weighted by Gasteiger charge is -2.11. The van der Waals surface area contributed by atoms with Gasteiger partial charge in [-0.1, -0.05) is 121 Å². The molecule has 0 aliphatic rings. The highest BCUT2D eigenvalue weighted by Crippen LogP contribution is 2.42. The highest BCUT2D eigenvalue weighted by Gasteiger charge is 2.19. The molecular formula is C52H32N2S. The van der Waals surface area contributed by atoms with Crippen LogP contribution in [0.2, 0.25) is 0 Å². The molecule has 12 aromatic rings. The minimum Gasteiger partial charge on any atom is -0.309 e. The van der Waals surface area contributed by atoms with Crippen molar-refractivity contribution in [2.75, 3.05) is 0 Å². The topological polar surface area (TPSA) is 9.86 Å². The number of para-hydroxylation sites is 1. The second kappa shape index (κ2) is 11.8. The Morgan fingerprint density at radius 3 is 1.58 bits per heavy atom. The van der Waals surface area contributed by atoms with Crippen molar-refractivity contribution in [1.82, 2.24) is 9.13 Å². The first kappa shape index (κ1) is 30.5. The monoisotopic (exact) mass is 716 g/mol. The van der Waals surface area contributed by atoms with Crippen molar-refractivity contribution < 1.29 is 0 Å². The summed E-state index contributed by atoms with van der Waals surface area (Å²) in [5.41, 5.74) is 12.1. The minimum atomic E-state index is 1.16. The number of aromatic nitrogens is 2. The minimum absolute atomic E-state index is 1.16. The Morgan fingerprint density at radius 2 is 0.855 bits per heavy atom. The summed E-state index contributed by atoms with van der Waals surface area (Å²) in [7, 11) is 0. The molecule has 3 heteroatoms. The standard InChI is InChI=1S/C52H32N2S/c1-3-11-33(12-4-1)35-20-25-47-44(29-35)45-31-37(21-26-48(45)53(47)38-14-5-2-6-15-38)36-22-27-49-43(30-36)42-24-19-34-13-7-8-16-40(34)52(42)54(49)39-23-28-51-46(32-39)41-17-9-10-18-50(41)55-51/h1-32H. The van der Waals surface area contributed by atoms with Gasteiger partial charge in [0.2, 0.25) is 0 Å². The Labute approximate surface area is 321 Å². The van der Waals surface area contributed by atoms with E-state index in [-0.39, 0.29) is 0 Å². The van der Waals surface area contributed by atoms with Crippen LogP contribution in [0.15, 0.2) is 194 Å². The van der Waals surface area contributed by atoms with Gasteiger partial charge in [0, 0.05) is 58.5 Å². The summed E-state index contributed by atoms with van der Waals surface area (Å²) >= 11 is 1.87. The van der Waals surface area contributed by atoms with Gasteiger partial charge in [-0.2, -0.15) is 0 Å². The number of benzene rings is 9. The van der Waals surface area contributed by atoms with Gasteiger partial charge in [-0.05, 0) is 100 Å². The lowest BCUT2D eigenvalue weighted by molar-refractivity contribution is 1.18.